The van der Waals surface area contributed by atoms with Crippen LogP contribution >= 0.6 is 11.6 Å². The highest BCUT2D eigenvalue weighted by atomic mass is 35.5. The van der Waals surface area contributed by atoms with E-state index in [1.165, 1.54) is 29.2 Å². The van der Waals surface area contributed by atoms with E-state index in [1.807, 2.05) is 0 Å². The van der Waals surface area contributed by atoms with Gasteiger partial charge in [-0.15, -0.1) is 0 Å². The van der Waals surface area contributed by atoms with Crippen LogP contribution in [0.25, 0.3) is 0 Å². The molecule has 1 heterocycles. The van der Waals surface area contributed by atoms with Crippen molar-refractivity contribution in [2.75, 3.05) is 4.72 Å². The number of carbonyl (C=O) groups is 1. The molecule has 0 saturated heterocycles. The summed E-state index contributed by atoms with van der Waals surface area (Å²) in [5.74, 6) is -1.30. The highest BCUT2D eigenvalue weighted by Gasteiger charge is 2.19. The fraction of sp³-hybridized carbons (Fsp3) is 0.0909. The first-order valence-electron chi connectivity index (χ1n) is 5.34. The number of anilines is 1. The van der Waals surface area contributed by atoms with Gasteiger partial charge in [0.25, 0.3) is 10.0 Å². The van der Waals surface area contributed by atoms with E-state index in [0.717, 1.165) is 6.07 Å². The molecule has 0 aliphatic rings. The van der Waals surface area contributed by atoms with Crippen molar-refractivity contribution in [2.24, 2.45) is 7.05 Å². The van der Waals surface area contributed by atoms with Gasteiger partial charge in [-0.05, 0) is 18.2 Å². The molecule has 2 aromatic rings. The molecule has 9 heteroatoms. The van der Waals surface area contributed by atoms with Crippen LogP contribution in [0.1, 0.15) is 10.4 Å². The lowest BCUT2D eigenvalue weighted by atomic mass is 10.2. The fourth-order valence-corrected chi connectivity index (χ4v) is 2.78. The van der Waals surface area contributed by atoms with Crippen LogP contribution in [0.2, 0.25) is 5.02 Å². The molecule has 7 nitrogen and oxygen atoms in total. The second kappa shape index (κ2) is 5.14. The van der Waals surface area contributed by atoms with E-state index in [1.54, 1.807) is 7.05 Å². The summed E-state index contributed by atoms with van der Waals surface area (Å²) in [5.41, 5.74) is 0.0000494. The zero-order chi connectivity index (χ0) is 14.9. The van der Waals surface area contributed by atoms with Gasteiger partial charge < -0.3 is 5.11 Å². The number of aromatic nitrogens is 2. The summed E-state index contributed by atoms with van der Waals surface area (Å²) in [4.78, 5) is 10.8. The number of nitrogens with one attached hydrogen (secondary N) is 1. The van der Waals surface area contributed by atoms with Crippen molar-refractivity contribution in [1.29, 1.82) is 0 Å². The van der Waals surface area contributed by atoms with Crippen LogP contribution in [-0.4, -0.2) is 29.3 Å². The molecule has 1 aromatic heterocycles. The number of hydrogen-bond acceptors (Lipinski definition) is 4. The van der Waals surface area contributed by atoms with Gasteiger partial charge in [-0.1, -0.05) is 11.6 Å². The summed E-state index contributed by atoms with van der Waals surface area (Å²) >= 11 is 5.70. The zero-order valence-corrected chi connectivity index (χ0v) is 11.8. The van der Waals surface area contributed by atoms with E-state index < -0.39 is 16.0 Å². The molecule has 0 spiro atoms. The molecule has 1 aromatic carbocycles. The largest absolute Gasteiger partial charge is 0.478 e. The SMILES string of the molecule is Cn1cc(NS(=O)(=O)c2ccc(Cl)c(C(=O)O)c2)cn1. The van der Waals surface area contributed by atoms with Crippen LogP contribution in [0.15, 0.2) is 35.5 Å². The molecule has 0 unspecified atom stereocenters. The third-order valence-corrected chi connectivity index (χ3v) is 4.14. The second-order valence-corrected chi connectivity index (χ2v) is 6.04. The number of rotatable bonds is 4. The Morgan fingerprint density at radius 1 is 1.45 bits per heavy atom. The van der Waals surface area contributed by atoms with Crippen molar-refractivity contribution in [1.82, 2.24) is 9.78 Å². The van der Waals surface area contributed by atoms with Gasteiger partial charge in [-0.2, -0.15) is 5.10 Å². The van der Waals surface area contributed by atoms with E-state index in [4.69, 9.17) is 16.7 Å². The Labute approximate surface area is 119 Å². The first-order valence-corrected chi connectivity index (χ1v) is 7.20. The summed E-state index contributed by atoms with van der Waals surface area (Å²) in [7, 11) is -2.26. The maximum absolute atomic E-state index is 12.1. The van der Waals surface area contributed by atoms with Gasteiger partial charge in [0.1, 0.15) is 0 Å². The quantitative estimate of drug-likeness (QED) is 0.891. The molecular formula is C11H10ClN3O4S. The van der Waals surface area contributed by atoms with Gasteiger partial charge in [0.05, 0.1) is 27.4 Å². The van der Waals surface area contributed by atoms with Gasteiger partial charge in [-0.3, -0.25) is 9.40 Å². The average Bonchev–Trinajstić information content (AvgIpc) is 2.73. The molecule has 0 radical (unpaired) electrons. The third-order valence-electron chi connectivity index (χ3n) is 2.44. The van der Waals surface area contributed by atoms with Crippen LogP contribution in [0, 0.1) is 0 Å². The van der Waals surface area contributed by atoms with Gasteiger partial charge in [0.2, 0.25) is 0 Å². The summed E-state index contributed by atoms with van der Waals surface area (Å²) < 4.78 is 28.0. The standard InChI is InChI=1S/C11H10ClN3O4S/c1-15-6-7(5-13-15)14-20(18,19)8-2-3-10(12)9(4-8)11(16)17/h2-6,14H,1H3,(H,16,17). The molecule has 20 heavy (non-hydrogen) atoms. The summed E-state index contributed by atoms with van der Waals surface area (Å²) in [6.07, 6.45) is 2.82. The van der Waals surface area contributed by atoms with Crippen LogP contribution in [0.3, 0.4) is 0 Å². The Morgan fingerprint density at radius 3 is 2.70 bits per heavy atom. The number of nitrogens with zero attached hydrogens (tertiary/aromatic N) is 2. The topological polar surface area (TPSA) is 101 Å². The van der Waals surface area contributed by atoms with Gasteiger partial charge in [0.15, 0.2) is 0 Å². The lowest BCUT2D eigenvalue weighted by Gasteiger charge is -2.07. The van der Waals surface area contributed by atoms with Crippen molar-refractivity contribution >= 4 is 33.3 Å². The summed E-state index contributed by atoms with van der Waals surface area (Å²) in [6.45, 7) is 0. The second-order valence-electron chi connectivity index (χ2n) is 3.95. The average molecular weight is 316 g/mol. The first kappa shape index (κ1) is 14.4. The van der Waals surface area contributed by atoms with Crippen molar-refractivity contribution in [2.45, 2.75) is 4.90 Å². The van der Waals surface area contributed by atoms with Crippen molar-refractivity contribution < 1.29 is 18.3 Å². The van der Waals surface area contributed by atoms with Crippen LogP contribution in [0.4, 0.5) is 5.69 Å². The number of aromatic carboxylic acids is 1. The van der Waals surface area contributed by atoms with E-state index in [9.17, 15) is 13.2 Å². The van der Waals surface area contributed by atoms with E-state index in [2.05, 4.69) is 9.82 Å². The molecule has 2 rings (SSSR count). The zero-order valence-electron chi connectivity index (χ0n) is 10.2. The predicted molar refractivity (Wildman–Crippen MR) is 72.4 cm³/mol. The minimum Gasteiger partial charge on any atom is -0.478 e. The number of carboxylic acids is 1. The molecule has 0 aliphatic carbocycles. The fourth-order valence-electron chi connectivity index (χ4n) is 1.52. The molecular weight excluding hydrogens is 306 g/mol. The maximum atomic E-state index is 12.1. The van der Waals surface area contributed by atoms with Crippen molar-refractivity contribution in [3.63, 3.8) is 0 Å². The predicted octanol–water partition coefficient (Wildman–Crippen LogP) is 1.57. The summed E-state index contributed by atoms with van der Waals surface area (Å²) in [6, 6.07) is 3.46. The number of benzene rings is 1. The molecule has 0 amide bonds. The highest BCUT2D eigenvalue weighted by molar-refractivity contribution is 7.92. The van der Waals surface area contributed by atoms with Crippen LogP contribution in [0.5, 0.6) is 0 Å². The van der Waals surface area contributed by atoms with Gasteiger partial charge >= 0.3 is 5.97 Å². The normalized spacial score (nSPS) is 11.3. The van der Waals surface area contributed by atoms with E-state index in [0.29, 0.717) is 0 Å². The Bertz CT molecular complexity index is 770. The molecule has 106 valence electrons. The maximum Gasteiger partial charge on any atom is 0.337 e. The number of carboxylic acid groups (broad SMARTS) is 1. The molecule has 0 atom stereocenters. The first-order chi connectivity index (χ1) is 9.29. The third kappa shape index (κ3) is 2.91. The monoisotopic (exact) mass is 315 g/mol. The van der Waals surface area contributed by atoms with E-state index in [-0.39, 0.29) is 21.2 Å². The summed E-state index contributed by atoms with van der Waals surface area (Å²) in [5, 5.41) is 12.7. The van der Waals surface area contributed by atoms with Crippen molar-refractivity contribution in [3.8, 4) is 0 Å². The van der Waals surface area contributed by atoms with E-state index >= 15 is 0 Å². The number of sulfonamides is 1. The minimum absolute atomic E-state index is 0.0298. The van der Waals surface area contributed by atoms with Gasteiger partial charge in [0, 0.05) is 13.2 Å². The molecule has 0 fully saturated rings. The minimum atomic E-state index is -3.90. The number of aryl methyl sites for hydroxylation is 1. The Hall–Kier alpha value is -2.06. The molecule has 2 N–H and O–H groups in total. The lowest BCUT2D eigenvalue weighted by Crippen LogP contribution is -2.13. The molecule has 0 bridgehead atoms. The van der Waals surface area contributed by atoms with Crippen LogP contribution < -0.4 is 4.72 Å². The Kier molecular flexibility index (Phi) is 3.69. The molecule has 0 saturated carbocycles. The Balaban J connectivity index is 2.39. The highest BCUT2D eigenvalue weighted by Crippen LogP contribution is 2.22. The van der Waals surface area contributed by atoms with Gasteiger partial charge in [-0.25, -0.2) is 13.2 Å². The smallest absolute Gasteiger partial charge is 0.337 e. The Morgan fingerprint density at radius 2 is 2.15 bits per heavy atom. The van der Waals surface area contributed by atoms with Crippen LogP contribution in [-0.2, 0) is 17.1 Å². The number of hydrogen-bond donors (Lipinski definition) is 2. The molecule has 0 aliphatic heterocycles. The lowest BCUT2D eigenvalue weighted by molar-refractivity contribution is 0.0697. The van der Waals surface area contributed by atoms with Crippen molar-refractivity contribution in [3.05, 3.63) is 41.2 Å². The number of halogens is 1.